The quantitative estimate of drug-likeness (QED) is 0.368. The second kappa shape index (κ2) is 3.70. The van der Waals surface area contributed by atoms with Crippen LogP contribution in [0.2, 0.25) is 0 Å². The van der Waals surface area contributed by atoms with Gasteiger partial charge < -0.3 is 11.1 Å². The van der Waals surface area contributed by atoms with Crippen LogP contribution in [0.4, 0.5) is 5.69 Å². The molecule has 0 spiro atoms. The molecular weight excluding hydrogens is 210 g/mol. The van der Waals surface area contributed by atoms with Crippen molar-refractivity contribution in [1.29, 1.82) is 0 Å². The van der Waals surface area contributed by atoms with E-state index in [1.54, 1.807) is 18.2 Å². The summed E-state index contributed by atoms with van der Waals surface area (Å²) in [5.74, 6) is -0.220. The normalized spacial score (nSPS) is 17.7. The molecule has 1 aromatic carbocycles. The fourth-order valence-corrected chi connectivity index (χ4v) is 1.50. The molecule has 0 radical (unpaired) electrons. The van der Waals surface area contributed by atoms with Crippen LogP contribution in [0.25, 0.3) is 6.08 Å². The number of nitrogens with two attached hydrogens (primary N) is 1. The Bertz CT molecular complexity index is 467. The van der Waals surface area contributed by atoms with Crippen LogP contribution in [0.5, 0.6) is 0 Å². The molecule has 4 N–H and O–H groups in total. The number of nitrogen functional groups attached to an aromatic ring is 1. The van der Waals surface area contributed by atoms with Crippen LogP contribution in [0, 0.1) is 0 Å². The Labute approximate surface area is 92.2 Å². The number of rotatable bonds is 1. The Morgan fingerprint density at radius 3 is 2.73 bits per heavy atom. The van der Waals surface area contributed by atoms with Crippen LogP contribution >= 0.6 is 12.2 Å². The fourth-order valence-electron chi connectivity index (χ4n) is 1.30. The van der Waals surface area contributed by atoms with E-state index in [1.165, 1.54) is 0 Å². The smallest absolute Gasteiger partial charge is 0.273 e. The molecule has 15 heavy (non-hydrogen) atoms. The predicted molar refractivity (Wildman–Crippen MR) is 62.7 cm³/mol. The number of carbonyl (C=O) groups is 1. The average Bonchev–Trinajstić information content (AvgIpc) is 2.45. The summed E-state index contributed by atoms with van der Waals surface area (Å²) >= 11 is 4.81. The van der Waals surface area contributed by atoms with Crippen molar-refractivity contribution >= 4 is 35.0 Å². The van der Waals surface area contributed by atoms with Crippen LogP contribution in [0.15, 0.2) is 30.0 Å². The average molecular weight is 219 g/mol. The first-order valence-electron chi connectivity index (χ1n) is 4.35. The Morgan fingerprint density at radius 2 is 2.13 bits per heavy atom. The van der Waals surface area contributed by atoms with E-state index in [0.717, 1.165) is 5.56 Å². The molecule has 0 unspecified atom stereocenters. The third kappa shape index (κ3) is 2.13. The van der Waals surface area contributed by atoms with Gasteiger partial charge in [-0.1, -0.05) is 12.1 Å². The molecular formula is C10H9N3OS. The number of thiocarbonyl (C=S) groups is 1. The predicted octanol–water partition coefficient (Wildman–Crippen LogP) is 0.614. The Kier molecular flexibility index (Phi) is 2.39. The van der Waals surface area contributed by atoms with E-state index in [4.69, 9.17) is 18.0 Å². The Balaban J connectivity index is 2.31. The topological polar surface area (TPSA) is 67.2 Å². The highest BCUT2D eigenvalue weighted by Gasteiger charge is 2.19. The molecule has 0 saturated carbocycles. The van der Waals surface area contributed by atoms with Crippen molar-refractivity contribution in [2.75, 3.05) is 5.73 Å². The second-order valence-electron chi connectivity index (χ2n) is 3.14. The van der Waals surface area contributed by atoms with E-state index in [2.05, 4.69) is 10.6 Å². The van der Waals surface area contributed by atoms with E-state index in [9.17, 15) is 4.79 Å². The summed E-state index contributed by atoms with van der Waals surface area (Å²) in [5.41, 5.74) is 7.57. The van der Waals surface area contributed by atoms with Crippen molar-refractivity contribution in [2.24, 2.45) is 0 Å². The third-order valence-corrected chi connectivity index (χ3v) is 2.15. The van der Waals surface area contributed by atoms with Crippen LogP contribution in [-0.2, 0) is 4.79 Å². The largest absolute Gasteiger partial charge is 0.399 e. The molecule has 1 saturated heterocycles. The minimum absolute atomic E-state index is 0.220. The summed E-state index contributed by atoms with van der Waals surface area (Å²) in [6, 6.07) is 7.25. The van der Waals surface area contributed by atoms with E-state index in [1.807, 2.05) is 12.1 Å². The Hall–Kier alpha value is -1.88. The number of carbonyl (C=O) groups excluding carboxylic acids is 1. The lowest BCUT2D eigenvalue weighted by atomic mass is 10.1. The van der Waals surface area contributed by atoms with Crippen molar-refractivity contribution in [1.82, 2.24) is 10.6 Å². The van der Waals surface area contributed by atoms with Crippen molar-refractivity contribution in [3.05, 3.63) is 35.5 Å². The summed E-state index contributed by atoms with van der Waals surface area (Å²) in [7, 11) is 0. The summed E-state index contributed by atoms with van der Waals surface area (Å²) in [6.07, 6.45) is 1.70. The van der Waals surface area contributed by atoms with Gasteiger partial charge >= 0.3 is 0 Å². The zero-order chi connectivity index (χ0) is 10.8. The maximum absolute atomic E-state index is 11.3. The summed E-state index contributed by atoms with van der Waals surface area (Å²) in [5, 5.41) is 5.58. The molecule has 1 amide bonds. The van der Waals surface area contributed by atoms with Gasteiger partial charge in [0.15, 0.2) is 5.11 Å². The van der Waals surface area contributed by atoms with Gasteiger partial charge in [-0.25, -0.2) is 0 Å². The molecule has 0 atom stereocenters. The first-order chi connectivity index (χ1) is 7.15. The lowest BCUT2D eigenvalue weighted by Crippen LogP contribution is -2.21. The minimum Gasteiger partial charge on any atom is -0.399 e. The molecule has 2 rings (SSSR count). The molecule has 1 aromatic rings. The second-order valence-corrected chi connectivity index (χ2v) is 3.54. The highest BCUT2D eigenvalue weighted by atomic mass is 32.1. The molecule has 4 nitrogen and oxygen atoms in total. The highest BCUT2D eigenvalue weighted by molar-refractivity contribution is 7.80. The van der Waals surface area contributed by atoms with E-state index < -0.39 is 0 Å². The van der Waals surface area contributed by atoms with Crippen LogP contribution in [0.1, 0.15) is 5.56 Å². The zero-order valence-electron chi connectivity index (χ0n) is 7.78. The van der Waals surface area contributed by atoms with Crippen molar-refractivity contribution in [3.8, 4) is 0 Å². The maximum atomic E-state index is 11.3. The third-order valence-electron chi connectivity index (χ3n) is 1.94. The molecule has 5 heteroatoms. The maximum Gasteiger partial charge on any atom is 0.273 e. The zero-order valence-corrected chi connectivity index (χ0v) is 8.60. The molecule has 76 valence electrons. The van der Waals surface area contributed by atoms with Gasteiger partial charge in [-0.15, -0.1) is 0 Å². The number of hydrogen-bond acceptors (Lipinski definition) is 3. The number of amides is 1. The highest BCUT2D eigenvalue weighted by Crippen LogP contribution is 2.11. The van der Waals surface area contributed by atoms with Gasteiger partial charge in [0.2, 0.25) is 0 Å². The van der Waals surface area contributed by atoms with Gasteiger partial charge in [-0.3, -0.25) is 10.1 Å². The summed E-state index contributed by atoms with van der Waals surface area (Å²) < 4.78 is 0. The number of anilines is 1. The van der Waals surface area contributed by atoms with Gasteiger partial charge in [0.1, 0.15) is 5.70 Å². The SMILES string of the molecule is Nc1cccc(/C=C2/NC(=S)NC2=O)c1. The fraction of sp³-hybridized carbons (Fsp3) is 0. The van der Waals surface area contributed by atoms with Gasteiger partial charge in [0.05, 0.1) is 0 Å². The van der Waals surface area contributed by atoms with Gasteiger partial charge in [0.25, 0.3) is 5.91 Å². The first kappa shape index (κ1) is 9.67. The lowest BCUT2D eigenvalue weighted by molar-refractivity contribution is -0.115. The lowest BCUT2D eigenvalue weighted by Gasteiger charge is -1.97. The molecule has 0 aliphatic carbocycles. The number of nitrogens with one attached hydrogen (secondary N) is 2. The van der Waals surface area contributed by atoms with E-state index in [0.29, 0.717) is 16.5 Å². The Morgan fingerprint density at radius 1 is 1.33 bits per heavy atom. The molecule has 1 aliphatic rings. The number of hydrogen-bond donors (Lipinski definition) is 3. The number of benzene rings is 1. The van der Waals surface area contributed by atoms with Gasteiger partial charge in [-0.05, 0) is 36.0 Å². The van der Waals surface area contributed by atoms with Crippen LogP contribution < -0.4 is 16.4 Å². The van der Waals surface area contributed by atoms with E-state index in [-0.39, 0.29) is 5.91 Å². The molecule has 0 aromatic heterocycles. The monoisotopic (exact) mass is 219 g/mol. The van der Waals surface area contributed by atoms with Crippen LogP contribution in [-0.4, -0.2) is 11.0 Å². The molecule has 1 fully saturated rings. The van der Waals surface area contributed by atoms with Crippen LogP contribution in [0.3, 0.4) is 0 Å². The summed E-state index contributed by atoms with van der Waals surface area (Å²) in [6.45, 7) is 0. The molecule has 1 aliphatic heterocycles. The standard InChI is InChI=1S/C10H9N3OS/c11-7-3-1-2-6(4-7)5-8-9(14)13-10(15)12-8/h1-5H,11H2,(H2,12,13,14,15)/b8-5+. The van der Waals surface area contributed by atoms with Gasteiger partial charge in [0, 0.05) is 5.69 Å². The minimum atomic E-state index is -0.220. The van der Waals surface area contributed by atoms with Crippen molar-refractivity contribution in [2.45, 2.75) is 0 Å². The summed E-state index contributed by atoms with van der Waals surface area (Å²) in [4.78, 5) is 11.3. The molecule has 0 bridgehead atoms. The van der Waals surface area contributed by atoms with Crippen molar-refractivity contribution < 1.29 is 4.79 Å². The molecule has 1 heterocycles. The van der Waals surface area contributed by atoms with Gasteiger partial charge in [-0.2, -0.15) is 0 Å². The van der Waals surface area contributed by atoms with Crippen molar-refractivity contribution in [3.63, 3.8) is 0 Å². The first-order valence-corrected chi connectivity index (χ1v) is 4.75. The van der Waals surface area contributed by atoms with E-state index >= 15 is 0 Å².